The summed E-state index contributed by atoms with van der Waals surface area (Å²) in [6, 6.07) is 19.6. The number of hydrogen-bond acceptors (Lipinski definition) is 3. The normalized spacial score (nSPS) is 21.7. The molecule has 1 aliphatic rings. The lowest BCUT2D eigenvalue weighted by Gasteiger charge is -2.36. The minimum atomic E-state index is -0.898. The Labute approximate surface area is 124 Å². The molecule has 1 heterocycles. The average Bonchev–Trinajstić information content (AvgIpc) is 2.55. The Kier molecular flexibility index (Phi) is 3.64. The van der Waals surface area contributed by atoms with Crippen LogP contribution in [0.1, 0.15) is 17.5 Å². The Hall–Kier alpha value is -2.31. The van der Waals surface area contributed by atoms with E-state index in [-0.39, 0.29) is 0 Å². The molecule has 0 fully saturated rings. The van der Waals surface area contributed by atoms with Crippen molar-refractivity contribution >= 4 is 0 Å². The van der Waals surface area contributed by atoms with Gasteiger partial charge in [0, 0.05) is 18.4 Å². The first-order valence-corrected chi connectivity index (χ1v) is 7.12. The van der Waals surface area contributed by atoms with Gasteiger partial charge >= 0.3 is 0 Å². The number of fused-ring (bicyclic) bond motifs is 1. The van der Waals surface area contributed by atoms with E-state index in [0.29, 0.717) is 25.2 Å². The molecule has 0 saturated carbocycles. The summed E-state index contributed by atoms with van der Waals surface area (Å²) in [6.45, 7) is 0.455. The van der Waals surface area contributed by atoms with Crippen molar-refractivity contribution in [1.29, 1.82) is 5.26 Å². The van der Waals surface area contributed by atoms with Crippen molar-refractivity contribution in [2.75, 3.05) is 6.61 Å². The van der Waals surface area contributed by atoms with E-state index in [4.69, 9.17) is 4.74 Å². The van der Waals surface area contributed by atoms with Gasteiger partial charge in [0.05, 0.1) is 18.8 Å². The summed E-state index contributed by atoms with van der Waals surface area (Å²) in [5.41, 5.74) is 0.927. The number of nitriles is 1. The minimum absolute atomic E-state index is 0.455. The fourth-order valence-electron chi connectivity index (χ4n) is 2.97. The Morgan fingerprint density at radius 3 is 2.62 bits per heavy atom. The predicted octanol–water partition coefficient (Wildman–Crippen LogP) is 2.83. The van der Waals surface area contributed by atoms with Crippen molar-refractivity contribution in [2.45, 2.75) is 24.4 Å². The summed E-state index contributed by atoms with van der Waals surface area (Å²) in [5, 5.41) is 20.5. The first-order valence-electron chi connectivity index (χ1n) is 7.12. The molecule has 21 heavy (non-hydrogen) atoms. The topological polar surface area (TPSA) is 53.2 Å². The van der Waals surface area contributed by atoms with E-state index in [0.717, 1.165) is 11.1 Å². The Morgan fingerprint density at radius 1 is 1.14 bits per heavy atom. The SMILES string of the molecule is N#C[C@]1([C@H](O)Cc2ccccc2)CCOc2ccccc21. The van der Waals surface area contributed by atoms with Crippen molar-refractivity contribution in [2.24, 2.45) is 0 Å². The van der Waals surface area contributed by atoms with Gasteiger partial charge in [0.1, 0.15) is 11.2 Å². The van der Waals surface area contributed by atoms with E-state index in [2.05, 4.69) is 6.07 Å². The Balaban J connectivity index is 1.96. The zero-order chi connectivity index (χ0) is 14.7. The molecule has 3 nitrogen and oxygen atoms in total. The molecular weight excluding hydrogens is 262 g/mol. The zero-order valence-corrected chi connectivity index (χ0v) is 11.7. The largest absolute Gasteiger partial charge is 0.493 e. The molecule has 1 aliphatic heterocycles. The molecule has 3 rings (SSSR count). The van der Waals surface area contributed by atoms with Gasteiger partial charge in [-0.15, -0.1) is 0 Å². The number of nitrogens with zero attached hydrogens (tertiary/aromatic N) is 1. The molecule has 2 aromatic carbocycles. The van der Waals surface area contributed by atoms with Gasteiger partial charge in [0.25, 0.3) is 0 Å². The number of para-hydroxylation sites is 1. The summed E-state index contributed by atoms with van der Waals surface area (Å²) >= 11 is 0. The highest BCUT2D eigenvalue weighted by Gasteiger charge is 2.44. The first-order chi connectivity index (χ1) is 10.3. The molecule has 0 aromatic heterocycles. The Morgan fingerprint density at radius 2 is 1.86 bits per heavy atom. The smallest absolute Gasteiger partial charge is 0.124 e. The molecule has 2 aromatic rings. The highest BCUT2D eigenvalue weighted by Crippen LogP contribution is 2.41. The third-order valence-electron chi connectivity index (χ3n) is 4.16. The number of hydrogen-bond donors (Lipinski definition) is 1. The average molecular weight is 279 g/mol. The maximum absolute atomic E-state index is 10.7. The van der Waals surface area contributed by atoms with Crippen molar-refractivity contribution in [1.82, 2.24) is 0 Å². The number of rotatable bonds is 3. The summed E-state index contributed by atoms with van der Waals surface area (Å²) < 4.78 is 5.62. The van der Waals surface area contributed by atoms with Gasteiger partial charge in [-0.2, -0.15) is 5.26 Å². The third kappa shape index (κ3) is 2.39. The predicted molar refractivity (Wildman–Crippen MR) is 80.0 cm³/mol. The number of aliphatic hydroxyl groups is 1. The highest BCUT2D eigenvalue weighted by atomic mass is 16.5. The van der Waals surface area contributed by atoms with Crippen LogP contribution >= 0.6 is 0 Å². The maximum atomic E-state index is 10.7. The van der Waals surface area contributed by atoms with Crippen LogP contribution in [0.2, 0.25) is 0 Å². The van der Waals surface area contributed by atoms with Crippen molar-refractivity contribution in [3.8, 4) is 11.8 Å². The molecule has 0 aliphatic carbocycles. The molecule has 0 radical (unpaired) electrons. The lowest BCUT2D eigenvalue weighted by molar-refractivity contribution is 0.0810. The van der Waals surface area contributed by atoms with Gasteiger partial charge in [-0.25, -0.2) is 0 Å². The molecule has 1 N–H and O–H groups in total. The van der Waals surface area contributed by atoms with E-state index >= 15 is 0 Å². The van der Waals surface area contributed by atoms with E-state index in [1.807, 2.05) is 54.6 Å². The lowest BCUT2D eigenvalue weighted by Crippen LogP contribution is -2.43. The fourth-order valence-corrected chi connectivity index (χ4v) is 2.97. The zero-order valence-electron chi connectivity index (χ0n) is 11.7. The van der Waals surface area contributed by atoms with E-state index in [1.165, 1.54) is 0 Å². The second-order valence-corrected chi connectivity index (χ2v) is 5.38. The highest BCUT2D eigenvalue weighted by molar-refractivity contribution is 5.47. The van der Waals surface area contributed by atoms with Crippen molar-refractivity contribution < 1.29 is 9.84 Å². The molecule has 0 spiro atoms. The van der Waals surface area contributed by atoms with Gasteiger partial charge in [-0.05, 0) is 11.6 Å². The van der Waals surface area contributed by atoms with Crippen LogP contribution in [0.15, 0.2) is 54.6 Å². The second-order valence-electron chi connectivity index (χ2n) is 5.38. The van der Waals surface area contributed by atoms with Gasteiger partial charge in [-0.3, -0.25) is 0 Å². The molecule has 2 atom stereocenters. The Bertz CT molecular complexity index is 662. The van der Waals surface area contributed by atoms with E-state index in [9.17, 15) is 10.4 Å². The van der Waals surface area contributed by atoms with Crippen LogP contribution in [0.5, 0.6) is 5.75 Å². The first kappa shape index (κ1) is 13.7. The lowest BCUT2D eigenvalue weighted by atomic mass is 9.71. The van der Waals surface area contributed by atoms with Crippen LogP contribution in [0.3, 0.4) is 0 Å². The van der Waals surface area contributed by atoms with Crippen LogP contribution in [-0.2, 0) is 11.8 Å². The molecule has 0 amide bonds. The molecule has 0 bridgehead atoms. The molecule has 0 unspecified atom stereocenters. The van der Waals surface area contributed by atoms with Crippen LogP contribution in [-0.4, -0.2) is 17.8 Å². The van der Waals surface area contributed by atoms with Gasteiger partial charge in [-0.1, -0.05) is 48.5 Å². The minimum Gasteiger partial charge on any atom is -0.493 e. The second kappa shape index (κ2) is 5.59. The van der Waals surface area contributed by atoms with Gasteiger partial charge < -0.3 is 9.84 Å². The third-order valence-corrected chi connectivity index (χ3v) is 4.16. The van der Waals surface area contributed by atoms with Gasteiger partial charge in [0.2, 0.25) is 0 Å². The number of aliphatic hydroxyl groups excluding tert-OH is 1. The standard InChI is InChI=1S/C18H17NO2/c19-13-18(17(20)12-14-6-2-1-3-7-14)10-11-21-16-9-5-4-8-15(16)18/h1-9,17,20H,10-12H2/t17-,18-/m1/s1. The quantitative estimate of drug-likeness (QED) is 0.940. The number of benzene rings is 2. The molecular formula is C18H17NO2. The van der Waals surface area contributed by atoms with Crippen LogP contribution in [0.25, 0.3) is 0 Å². The summed E-state index contributed by atoms with van der Waals surface area (Å²) in [7, 11) is 0. The summed E-state index contributed by atoms with van der Waals surface area (Å²) in [5.74, 6) is 0.706. The molecule has 0 saturated heterocycles. The van der Waals surface area contributed by atoms with Crippen LogP contribution < -0.4 is 4.74 Å². The van der Waals surface area contributed by atoms with Crippen LogP contribution in [0, 0.1) is 11.3 Å². The van der Waals surface area contributed by atoms with Crippen molar-refractivity contribution in [3.63, 3.8) is 0 Å². The molecule has 3 heteroatoms. The fraction of sp³-hybridized carbons (Fsp3) is 0.278. The van der Waals surface area contributed by atoms with E-state index < -0.39 is 11.5 Å². The monoisotopic (exact) mass is 279 g/mol. The maximum Gasteiger partial charge on any atom is 0.124 e. The van der Waals surface area contributed by atoms with Gasteiger partial charge in [0.15, 0.2) is 0 Å². The van der Waals surface area contributed by atoms with Crippen LogP contribution in [0.4, 0.5) is 0 Å². The van der Waals surface area contributed by atoms with E-state index in [1.54, 1.807) is 0 Å². The molecule has 106 valence electrons. The summed E-state index contributed by atoms with van der Waals surface area (Å²) in [4.78, 5) is 0. The van der Waals surface area contributed by atoms with Crippen molar-refractivity contribution in [3.05, 3.63) is 65.7 Å². The number of ether oxygens (including phenoxy) is 1. The summed E-state index contributed by atoms with van der Waals surface area (Å²) in [6.07, 6.45) is 0.215.